The molecule has 4 nitrogen and oxygen atoms in total. The summed E-state index contributed by atoms with van der Waals surface area (Å²) in [5.41, 5.74) is 5.55. The Morgan fingerprint density at radius 1 is 1.05 bits per heavy atom. The quantitative estimate of drug-likeness (QED) is 0.717. The Morgan fingerprint density at radius 2 is 1.68 bits per heavy atom. The predicted octanol–water partition coefficient (Wildman–Crippen LogP) is 5.42. The standard InChI is InChI=1S/C11H10ClF5N4S/c1-6-2-10(21-11(18)19-6)20-8-3-7(12)4-9(5-8)22(13,14,15,16)17/h2-5H,1H3,(H3,18,19,20,21). The zero-order valence-corrected chi connectivity index (χ0v) is 12.5. The first-order valence-corrected chi connectivity index (χ1v) is 7.99. The molecule has 122 valence electrons. The summed E-state index contributed by atoms with van der Waals surface area (Å²) in [5.74, 6) is -0.0576. The summed E-state index contributed by atoms with van der Waals surface area (Å²) in [7, 11) is -9.83. The van der Waals surface area contributed by atoms with E-state index in [1.807, 2.05) is 0 Å². The lowest BCUT2D eigenvalue weighted by atomic mass is 10.3. The number of aromatic nitrogens is 2. The Kier molecular flexibility index (Phi) is 3.28. The van der Waals surface area contributed by atoms with E-state index in [-0.39, 0.29) is 29.6 Å². The van der Waals surface area contributed by atoms with Crippen LogP contribution in [-0.4, -0.2) is 9.97 Å². The third kappa shape index (κ3) is 4.10. The van der Waals surface area contributed by atoms with Crippen molar-refractivity contribution in [3.8, 4) is 0 Å². The number of hydrogen-bond donors (Lipinski definition) is 2. The van der Waals surface area contributed by atoms with Gasteiger partial charge in [-0.15, -0.1) is 0 Å². The molecule has 1 aromatic carbocycles. The smallest absolute Gasteiger partial charge is 0.310 e. The maximum Gasteiger partial charge on any atom is 0.310 e. The van der Waals surface area contributed by atoms with Crippen molar-refractivity contribution >= 4 is 39.3 Å². The Hall–Kier alpha value is -1.81. The number of hydrogen-bond acceptors (Lipinski definition) is 4. The molecule has 1 aromatic heterocycles. The molecule has 0 radical (unpaired) electrons. The van der Waals surface area contributed by atoms with E-state index >= 15 is 0 Å². The largest absolute Gasteiger partial charge is 0.368 e. The molecule has 0 spiro atoms. The zero-order valence-electron chi connectivity index (χ0n) is 11.0. The van der Waals surface area contributed by atoms with Crippen LogP contribution in [0.15, 0.2) is 29.2 Å². The van der Waals surface area contributed by atoms with E-state index in [4.69, 9.17) is 17.3 Å². The van der Waals surface area contributed by atoms with Crippen LogP contribution in [0.1, 0.15) is 5.69 Å². The first kappa shape index (κ1) is 16.6. The number of aryl methyl sites for hydroxylation is 1. The van der Waals surface area contributed by atoms with E-state index in [0.29, 0.717) is 5.69 Å². The number of halogens is 6. The van der Waals surface area contributed by atoms with Crippen molar-refractivity contribution in [3.63, 3.8) is 0 Å². The second-order valence-electron chi connectivity index (χ2n) is 4.52. The third-order valence-electron chi connectivity index (χ3n) is 2.46. The molecule has 0 saturated carbocycles. The molecular weight excluding hydrogens is 351 g/mol. The van der Waals surface area contributed by atoms with Crippen LogP contribution in [0, 0.1) is 6.92 Å². The van der Waals surface area contributed by atoms with Gasteiger partial charge in [-0.2, -0.15) is 4.98 Å². The van der Waals surface area contributed by atoms with Gasteiger partial charge >= 0.3 is 10.2 Å². The minimum atomic E-state index is -9.83. The van der Waals surface area contributed by atoms with Crippen molar-refractivity contribution in [1.82, 2.24) is 9.97 Å². The molecule has 0 aliphatic heterocycles. The third-order valence-corrected chi connectivity index (χ3v) is 3.81. The molecule has 0 unspecified atom stereocenters. The summed E-state index contributed by atoms with van der Waals surface area (Å²) in [4.78, 5) is 5.43. The van der Waals surface area contributed by atoms with Crippen LogP contribution in [0.25, 0.3) is 0 Å². The Labute approximate surface area is 127 Å². The topological polar surface area (TPSA) is 63.8 Å². The van der Waals surface area contributed by atoms with Crippen molar-refractivity contribution in [1.29, 1.82) is 0 Å². The lowest BCUT2D eigenvalue weighted by molar-refractivity contribution is 0.364. The number of rotatable bonds is 3. The van der Waals surface area contributed by atoms with Crippen LogP contribution < -0.4 is 11.1 Å². The molecule has 11 heteroatoms. The average molecular weight is 361 g/mol. The molecule has 0 aliphatic rings. The van der Waals surface area contributed by atoms with Gasteiger partial charge in [-0.05, 0) is 25.1 Å². The van der Waals surface area contributed by atoms with Crippen molar-refractivity contribution < 1.29 is 19.4 Å². The van der Waals surface area contributed by atoms with Gasteiger partial charge in [-0.1, -0.05) is 31.0 Å². The van der Waals surface area contributed by atoms with Crippen LogP contribution in [0.4, 0.5) is 36.9 Å². The maximum atomic E-state index is 12.8. The molecule has 0 atom stereocenters. The van der Waals surface area contributed by atoms with Crippen molar-refractivity contribution in [2.75, 3.05) is 11.1 Å². The SMILES string of the molecule is Cc1cc(Nc2cc(Cl)cc(S(F)(F)(F)(F)F)c2)nc(N)n1. The van der Waals surface area contributed by atoms with Gasteiger partial charge in [0.15, 0.2) is 0 Å². The number of nitrogens with zero attached hydrogens (tertiary/aromatic N) is 2. The van der Waals surface area contributed by atoms with E-state index < -0.39 is 20.1 Å². The second kappa shape index (κ2) is 4.35. The fourth-order valence-electron chi connectivity index (χ4n) is 1.66. The summed E-state index contributed by atoms with van der Waals surface area (Å²) in [6.45, 7) is 1.58. The molecule has 22 heavy (non-hydrogen) atoms. The van der Waals surface area contributed by atoms with Crippen molar-refractivity contribution in [3.05, 3.63) is 35.0 Å². The first-order valence-electron chi connectivity index (χ1n) is 5.66. The maximum absolute atomic E-state index is 12.8. The Bertz CT molecular complexity index is 730. The van der Waals surface area contributed by atoms with Gasteiger partial charge < -0.3 is 11.1 Å². The lowest BCUT2D eigenvalue weighted by Crippen LogP contribution is -2.07. The predicted molar refractivity (Wildman–Crippen MR) is 77.3 cm³/mol. The van der Waals surface area contributed by atoms with Gasteiger partial charge in [0, 0.05) is 22.5 Å². The Balaban J connectivity index is 2.48. The molecule has 0 bridgehead atoms. The first-order chi connectivity index (χ1) is 9.72. The molecule has 0 saturated heterocycles. The van der Waals surface area contributed by atoms with Crippen LogP contribution in [0.2, 0.25) is 5.02 Å². The van der Waals surface area contributed by atoms with E-state index in [9.17, 15) is 19.4 Å². The monoisotopic (exact) mass is 360 g/mol. The van der Waals surface area contributed by atoms with Gasteiger partial charge in [0.25, 0.3) is 0 Å². The molecule has 3 N–H and O–H groups in total. The highest BCUT2D eigenvalue weighted by Crippen LogP contribution is 3.02. The van der Waals surface area contributed by atoms with Crippen molar-refractivity contribution in [2.24, 2.45) is 0 Å². The molecule has 2 aromatic rings. The van der Waals surface area contributed by atoms with Crippen LogP contribution >= 0.6 is 21.8 Å². The van der Waals surface area contributed by atoms with Crippen molar-refractivity contribution in [2.45, 2.75) is 11.8 Å². The normalized spacial score (nSPS) is 15.0. The molecule has 2 rings (SSSR count). The minimum Gasteiger partial charge on any atom is -0.368 e. The fourth-order valence-corrected chi connectivity index (χ4v) is 2.66. The van der Waals surface area contributed by atoms with Gasteiger partial charge in [-0.3, -0.25) is 0 Å². The van der Waals surface area contributed by atoms with Crippen LogP contribution in [-0.2, 0) is 0 Å². The summed E-state index contributed by atoms with van der Waals surface area (Å²) in [6.07, 6.45) is 0. The summed E-state index contributed by atoms with van der Waals surface area (Å²) in [6, 6.07) is 2.88. The van der Waals surface area contributed by atoms with Crippen LogP contribution in [0.5, 0.6) is 0 Å². The summed E-state index contributed by atoms with van der Waals surface area (Å²) >= 11 is 5.50. The Morgan fingerprint density at radius 3 is 2.23 bits per heavy atom. The van der Waals surface area contributed by atoms with E-state index in [0.717, 1.165) is 6.07 Å². The van der Waals surface area contributed by atoms with Crippen LogP contribution in [0.3, 0.4) is 0 Å². The summed E-state index contributed by atoms with van der Waals surface area (Å²) < 4.78 is 64.2. The van der Waals surface area contributed by atoms with E-state index in [1.165, 1.54) is 6.07 Å². The highest BCUT2D eigenvalue weighted by atomic mass is 35.5. The van der Waals surface area contributed by atoms with E-state index in [1.54, 1.807) is 6.92 Å². The number of benzene rings is 1. The fraction of sp³-hybridized carbons (Fsp3) is 0.0909. The van der Waals surface area contributed by atoms with Gasteiger partial charge in [0.1, 0.15) is 10.7 Å². The zero-order chi connectivity index (χ0) is 16.8. The minimum absolute atomic E-state index is 0.0559. The van der Waals surface area contributed by atoms with E-state index in [2.05, 4.69) is 15.3 Å². The number of nitrogen functional groups attached to an aromatic ring is 1. The number of anilines is 3. The molecule has 0 fully saturated rings. The van der Waals surface area contributed by atoms with Gasteiger partial charge in [0.05, 0.1) is 0 Å². The van der Waals surface area contributed by atoms with Gasteiger partial charge in [-0.25, -0.2) is 4.98 Å². The summed E-state index contributed by atoms with van der Waals surface area (Å²) in [5, 5.41) is 1.95. The average Bonchev–Trinajstić information content (AvgIpc) is 2.23. The molecule has 0 amide bonds. The molecule has 0 aliphatic carbocycles. The number of nitrogens with two attached hydrogens (primary N) is 1. The highest BCUT2D eigenvalue weighted by Gasteiger charge is 2.65. The molecule has 1 heterocycles. The lowest BCUT2D eigenvalue weighted by Gasteiger charge is -2.40. The van der Waals surface area contributed by atoms with Gasteiger partial charge in [0.2, 0.25) is 5.95 Å². The second-order valence-corrected chi connectivity index (χ2v) is 7.37. The highest BCUT2D eigenvalue weighted by molar-refractivity contribution is 8.45. The number of nitrogens with one attached hydrogen (secondary N) is 1. The molecular formula is C11H10ClF5N4S.